The lowest BCUT2D eigenvalue weighted by atomic mass is 10.2. The molecule has 2 rings (SSSR count). The minimum atomic E-state index is -4.48. The average molecular weight is 283 g/mol. The van der Waals surface area contributed by atoms with E-state index >= 15 is 0 Å². The second-order valence-corrected chi connectivity index (χ2v) is 3.72. The number of aromatic nitrogens is 2. The number of carbonyl (C=O) groups excluding carboxylic acids is 1. The Morgan fingerprint density at radius 3 is 2.65 bits per heavy atom. The summed E-state index contributed by atoms with van der Waals surface area (Å²) in [5.41, 5.74) is 4.07. The Balaban J connectivity index is 2.26. The maximum absolute atomic E-state index is 12.5. The van der Waals surface area contributed by atoms with Crippen molar-refractivity contribution in [2.45, 2.75) is 6.18 Å². The van der Waals surface area contributed by atoms with E-state index in [4.69, 9.17) is 10.5 Å². The van der Waals surface area contributed by atoms with Gasteiger partial charge in [0, 0.05) is 6.20 Å². The van der Waals surface area contributed by atoms with Crippen LogP contribution < -0.4 is 10.5 Å². The highest BCUT2D eigenvalue weighted by Crippen LogP contribution is 2.32. The molecule has 0 spiro atoms. The van der Waals surface area contributed by atoms with E-state index in [9.17, 15) is 18.0 Å². The average Bonchev–Trinajstić information content (AvgIpc) is 2.38. The van der Waals surface area contributed by atoms with Gasteiger partial charge in [-0.15, -0.1) is 0 Å². The molecule has 104 valence electrons. The molecule has 0 saturated heterocycles. The van der Waals surface area contributed by atoms with Crippen LogP contribution in [0.5, 0.6) is 11.8 Å². The molecule has 0 saturated carbocycles. The summed E-state index contributed by atoms with van der Waals surface area (Å²) in [6, 6.07) is 5.22. The maximum atomic E-state index is 12.5. The van der Waals surface area contributed by atoms with Crippen LogP contribution in [-0.2, 0) is 6.18 Å². The second kappa shape index (κ2) is 5.16. The van der Waals surface area contributed by atoms with Gasteiger partial charge < -0.3 is 10.5 Å². The lowest BCUT2D eigenvalue weighted by Gasteiger charge is -2.09. The summed E-state index contributed by atoms with van der Waals surface area (Å²) in [4.78, 5) is 18.3. The molecule has 1 amide bonds. The van der Waals surface area contributed by atoms with Gasteiger partial charge in [-0.05, 0) is 24.3 Å². The van der Waals surface area contributed by atoms with Gasteiger partial charge in [-0.3, -0.25) is 4.79 Å². The molecule has 0 aliphatic rings. The Kier molecular flexibility index (Phi) is 3.55. The second-order valence-electron chi connectivity index (χ2n) is 3.72. The van der Waals surface area contributed by atoms with Crippen LogP contribution in [0, 0.1) is 0 Å². The molecular formula is C12H8F3N3O2. The van der Waals surface area contributed by atoms with Crippen LogP contribution in [0.15, 0.2) is 36.5 Å². The number of primary amides is 1. The van der Waals surface area contributed by atoms with Crippen LogP contribution in [0.3, 0.4) is 0 Å². The first kappa shape index (κ1) is 13.8. The van der Waals surface area contributed by atoms with Gasteiger partial charge in [0.15, 0.2) is 0 Å². The molecule has 0 aliphatic carbocycles. The molecule has 1 aromatic carbocycles. The van der Waals surface area contributed by atoms with Crippen LogP contribution in [-0.4, -0.2) is 15.9 Å². The third-order valence-electron chi connectivity index (χ3n) is 2.26. The van der Waals surface area contributed by atoms with Crippen LogP contribution in [0.4, 0.5) is 13.2 Å². The zero-order chi connectivity index (χ0) is 14.8. The summed E-state index contributed by atoms with van der Waals surface area (Å²) < 4.78 is 42.7. The van der Waals surface area contributed by atoms with E-state index in [0.29, 0.717) is 0 Å². The molecule has 5 nitrogen and oxygen atoms in total. The minimum Gasteiger partial charge on any atom is -0.424 e. The zero-order valence-electron chi connectivity index (χ0n) is 9.89. The fraction of sp³-hybridized carbons (Fsp3) is 0.0833. The van der Waals surface area contributed by atoms with Crippen LogP contribution in [0.1, 0.15) is 16.1 Å². The molecule has 0 radical (unpaired) electrons. The molecule has 0 fully saturated rings. The number of carbonyl (C=O) groups is 1. The Hall–Kier alpha value is -2.64. The monoisotopic (exact) mass is 283 g/mol. The fourth-order valence-corrected chi connectivity index (χ4v) is 1.37. The van der Waals surface area contributed by atoms with Gasteiger partial charge in [0.2, 0.25) is 0 Å². The van der Waals surface area contributed by atoms with E-state index in [2.05, 4.69) is 9.97 Å². The molecule has 0 aliphatic heterocycles. The molecule has 20 heavy (non-hydrogen) atoms. The third kappa shape index (κ3) is 3.22. The Morgan fingerprint density at radius 2 is 2.00 bits per heavy atom. The first-order chi connectivity index (χ1) is 9.36. The summed E-state index contributed by atoms with van der Waals surface area (Å²) in [5.74, 6) is -0.886. The molecule has 2 N–H and O–H groups in total. The number of nitrogens with zero attached hydrogens (tertiary/aromatic N) is 2. The van der Waals surface area contributed by atoms with Crippen molar-refractivity contribution in [1.82, 2.24) is 9.97 Å². The predicted octanol–water partition coefficient (Wildman–Crippen LogP) is 2.39. The molecule has 8 heteroatoms. The summed E-state index contributed by atoms with van der Waals surface area (Å²) in [7, 11) is 0. The number of rotatable bonds is 3. The summed E-state index contributed by atoms with van der Waals surface area (Å²) in [6.45, 7) is 0. The highest BCUT2D eigenvalue weighted by atomic mass is 19.4. The van der Waals surface area contributed by atoms with Crippen LogP contribution in [0.2, 0.25) is 0 Å². The number of alkyl halides is 3. The van der Waals surface area contributed by atoms with Crippen LogP contribution in [0.25, 0.3) is 0 Å². The zero-order valence-corrected chi connectivity index (χ0v) is 9.89. The smallest absolute Gasteiger partial charge is 0.416 e. The van der Waals surface area contributed by atoms with Crippen molar-refractivity contribution in [3.05, 3.63) is 47.8 Å². The molecule has 1 heterocycles. The normalized spacial score (nSPS) is 11.2. The van der Waals surface area contributed by atoms with Gasteiger partial charge in [0.1, 0.15) is 11.4 Å². The number of ether oxygens (including phenoxy) is 1. The Labute approximate surface area is 111 Å². The van der Waals surface area contributed by atoms with Crippen molar-refractivity contribution in [1.29, 1.82) is 0 Å². The molecule has 0 atom stereocenters. The van der Waals surface area contributed by atoms with Crippen molar-refractivity contribution in [3.8, 4) is 11.8 Å². The molecule has 0 bridgehead atoms. The topological polar surface area (TPSA) is 78.1 Å². The number of halogens is 3. The number of nitrogens with two attached hydrogens (primary N) is 1. The largest absolute Gasteiger partial charge is 0.424 e. The first-order valence-electron chi connectivity index (χ1n) is 5.34. The molecule has 2 aromatic rings. The standard InChI is InChI=1S/C12H8F3N3O2/c13-12(14,15)7-2-1-3-8(6-7)20-11-17-5-4-9(18-11)10(16)19/h1-6H,(H2,16,19). The lowest BCUT2D eigenvalue weighted by Crippen LogP contribution is -2.13. The fourth-order valence-electron chi connectivity index (χ4n) is 1.37. The minimum absolute atomic E-state index is 0.0954. The van der Waals surface area contributed by atoms with E-state index < -0.39 is 17.6 Å². The molecular weight excluding hydrogens is 275 g/mol. The van der Waals surface area contributed by atoms with Gasteiger partial charge >= 0.3 is 12.2 Å². The summed E-state index contributed by atoms with van der Waals surface area (Å²) in [5, 5.41) is 0. The van der Waals surface area contributed by atoms with Crippen molar-refractivity contribution in [2.75, 3.05) is 0 Å². The Morgan fingerprint density at radius 1 is 1.25 bits per heavy atom. The van der Waals surface area contributed by atoms with Crippen LogP contribution >= 0.6 is 0 Å². The van der Waals surface area contributed by atoms with E-state index in [1.165, 1.54) is 24.4 Å². The van der Waals surface area contributed by atoms with Crippen molar-refractivity contribution in [3.63, 3.8) is 0 Å². The third-order valence-corrected chi connectivity index (χ3v) is 2.26. The van der Waals surface area contributed by atoms with Crippen molar-refractivity contribution in [2.24, 2.45) is 5.73 Å². The number of hydrogen-bond donors (Lipinski definition) is 1. The van der Waals surface area contributed by atoms with Gasteiger partial charge in [-0.1, -0.05) is 6.07 Å². The van der Waals surface area contributed by atoms with E-state index in [1.807, 2.05) is 0 Å². The number of benzene rings is 1. The summed E-state index contributed by atoms with van der Waals surface area (Å²) >= 11 is 0. The maximum Gasteiger partial charge on any atom is 0.416 e. The summed E-state index contributed by atoms with van der Waals surface area (Å²) in [6.07, 6.45) is -3.26. The van der Waals surface area contributed by atoms with Gasteiger partial charge in [-0.2, -0.15) is 18.2 Å². The first-order valence-corrected chi connectivity index (χ1v) is 5.34. The van der Waals surface area contributed by atoms with E-state index in [-0.39, 0.29) is 17.5 Å². The quantitative estimate of drug-likeness (QED) is 0.938. The highest BCUT2D eigenvalue weighted by Gasteiger charge is 2.30. The SMILES string of the molecule is NC(=O)c1ccnc(Oc2cccc(C(F)(F)F)c2)n1. The Bertz CT molecular complexity index is 644. The van der Waals surface area contributed by atoms with Crippen molar-refractivity contribution < 1.29 is 22.7 Å². The van der Waals surface area contributed by atoms with E-state index in [1.54, 1.807) is 0 Å². The van der Waals surface area contributed by atoms with Gasteiger partial charge in [0.25, 0.3) is 5.91 Å². The van der Waals surface area contributed by atoms with E-state index in [0.717, 1.165) is 12.1 Å². The number of amides is 1. The number of hydrogen-bond acceptors (Lipinski definition) is 4. The van der Waals surface area contributed by atoms with Gasteiger partial charge in [-0.25, -0.2) is 4.98 Å². The lowest BCUT2D eigenvalue weighted by molar-refractivity contribution is -0.137. The van der Waals surface area contributed by atoms with Gasteiger partial charge in [0.05, 0.1) is 5.56 Å². The molecule has 0 unspecified atom stereocenters. The molecule has 1 aromatic heterocycles. The van der Waals surface area contributed by atoms with Crippen molar-refractivity contribution >= 4 is 5.91 Å². The highest BCUT2D eigenvalue weighted by molar-refractivity contribution is 5.90. The predicted molar refractivity (Wildman–Crippen MR) is 62.1 cm³/mol.